The molecule has 17 heavy (non-hydrogen) atoms. The van der Waals surface area contributed by atoms with Gasteiger partial charge in [-0.2, -0.15) is 11.8 Å². The maximum absolute atomic E-state index is 5.64. The predicted molar refractivity (Wildman–Crippen MR) is 75.8 cm³/mol. The molecule has 0 bridgehead atoms. The molecule has 0 amide bonds. The second kappa shape index (κ2) is 6.72. The van der Waals surface area contributed by atoms with E-state index >= 15 is 0 Å². The van der Waals surface area contributed by atoms with Crippen LogP contribution < -0.4 is 10.1 Å². The number of ether oxygens (including phenoxy) is 1. The molecule has 1 aliphatic rings. The second-order valence-corrected chi connectivity index (χ2v) is 5.03. The van der Waals surface area contributed by atoms with E-state index in [4.69, 9.17) is 4.74 Å². The maximum Gasteiger partial charge on any atom is 0.119 e. The Kier molecular flexibility index (Phi) is 4.95. The lowest BCUT2D eigenvalue weighted by molar-refractivity contribution is 0.344. The minimum Gasteiger partial charge on any atom is -0.493 e. The van der Waals surface area contributed by atoms with Crippen molar-refractivity contribution >= 4 is 17.3 Å². The van der Waals surface area contributed by atoms with Crippen LogP contribution in [0.25, 0.3) is 5.57 Å². The molecule has 0 aromatic heterocycles. The molecule has 1 heterocycles. The van der Waals surface area contributed by atoms with Crippen molar-refractivity contribution in [2.75, 3.05) is 31.7 Å². The molecule has 0 radical (unpaired) electrons. The third-order valence-corrected chi connectivity index (χ3v) is 3.42. The maximum atomic E-state index is 5.64. The van der Waals surface area contributed by atoms with Gasteiger partial charge < -0.3 is 10.1 Å². The van der Waals surface area contributed by atoms with Crippen LogP contribution in [0, 0.1) is 0 Å². The first-order valence-corrected chi connectivity index (χ1v) is 7.41. The van der Waals surface area contributed by atoms with Crippen LogP contribution in [0.4, 0.5) is 0 Å². The molecule has 0 aliphatic carbocycles. The zero-order chi connectivity index (χ0) is 11.9. The van der Waals surface area contributed by atoms with Crippen LogP contribution in [0.15, 0.2) is 30.3 Å². The van der Waals surface area contributed by atoms with Gasteiger partial charge in [0.15, 0.2) is 0 Å². The molecule has 0 atom stereocenters. The zero-order valence-corrected chi connectivity index (χ0v) is 11.1. The van der Waals surface area contributed by atoms with Crippen LogP contribution in [0.1, 0.15) is 12.0 Å². The molecular formula is C14H19NOS. The van der Waals surface area contributed by atoms with E-state index in [1.54, 1.807) is 11.8 Å². The highest BCUT2D eigenvalue weighted by atomic mass is 32.2. The van der Waals surface area contributed by atoms with Crippen LogP contribution in [-0.2, 0) is 0 Å². The number of rotatable bonds is 5. The molecule has 92 valence electrons. The fraction of sp³-hybridized carbons (Fsp3) is 0.429. The molecule has 2 rings (SSSR count). The van der Waals surface area contributed by atoms with Crippen LogP contribution >= 0.6 is 11.8 Å². The van der Waals surface area contributed by atoms with Gasteiger partial charge in [-0.25, -0.2) is 0 Å². The Hall–Kier alpha value is -0.930. The molecule has 0 fully saturated rings. The van der Waals surface area contributed by atoms with Gasteiger partial charge in [0.2, 0.25) is 0 Å². The Morgan fingerprint density at radius 1 is 1.29 bits per heavy atom. The van der Waals surface area contributed by atoms with Crippen molar-refractivity contribution in [3.05, 3.63) is 35.9 Å². The van der Waals surface area contributed by atoms with Crippen molar-refractivity contribution in [3.8, 4) is 5.75 Å². The number of hydrogen-bond acceptors (Lipinski definition) is 3. The van der Waals surface area contributed by atoms with Gasteiger partial charge in [0.25, 0.3) is 0 Å². The number of nitrogens with one attached hydrogen (secondary N) is 1. The minimum absolute atomic E-state index is 0.785. The van der Waals surface area contributed by atoms with Gasteiger partial charge in [-0.05, 0) is 42.5 Å². The molecular weight excluding hydrogens is 230 g/mol. The Bertz CT molecular complexity index is 372. The molecule has 1 N–H and O–H groups in total. The average Bonchev–Trinajstić information content (AvgIpc) is 2.41. The highest BCUT2D eigenvalue weighted by molar-refractivity contribution is 7.98. The van der Waals surface area contributed by atoms with E-state index in [2.05, 4.69) is 41.9 Å². The number of benzene rings is 1. The third kappa shape index (κ3) is 3.79. The first-order chi connectivity index (χ1) is 8.40. The second-order valence-electron chi connectivity index (χ2n) is 4.05. The smallest absolute Gasteiger partial charge is 0.119 e. The van der Waals surface area contributed by atoms with Gasteiger partial charge in [0, 0.05) is 12.3 Å². The molecule has 0 saturated heterocycles. The Labute approximate surface area is 107 Å². The Morgan fingerprint density at radius 3 is 2.76 bits per heavy atom. The van der Waals surface area contributed by atoms with E-state index in [1.165, 1.54) is 11.1 Å². The van der Waals surface area contributed by atoms with Gasteiger partial charge in [-0.3, -0.25) is 0 Å². The standard InChI is InChI=1S/C14H19NOS/c1-17-11-10-16-14-4-2-12(3-5-14)13-6-8-15-9-7-13/h2-6,15H,7-11H2,1H3. The summed E-state index contributed by atoms with van der Waals surface area (Å²) >= 11 is 1.81. The topological polar surface area (TPSA) is 21.3 Å². The van der Waals surface area contributed by atoms with Crippen molar-refractivity contribution < 1.29 is 4.74 Å². The predicted octanol–water partition coefficient (Wildman–Crippen LogP) is 2.81. The van der Waals surface area contributed by atoms with Gasteiger partial charge in [0.1, 0.15) is 5.75 Å². The van der Waals surface area contributed by atoms with Crippen molar-refractivity contribution in [1.29, 1.82) is 0 Å². The quantitative estimate of drug-likeness (QED) is 0.811. The van der Waals surface area contributed by atoms with Crippen LogP contribution in [0.2, 0.25) is 0 Å². The van der Waals surface area contributed by atoms with E-state index in [1.807, 2.05) is 0 Å². The van der Waals surface area contributed by atoms with Crippen LogP contribution in [0.5, 0.6) is 5.75 Å². The first kappa shape index (κ1) is 12.5. The van der Waals surface area contributed by atoms with E-state index in [0.717, 1.165) is 37.6 Å². The Morgan fingerprint density at radius 2 is 2.12 bits per heavy atom. The molecule has 0 unspecified atom stereocenters. The van der Waals surface area contributed by atoms with E-state index < -0.39 is 0 Å². The van der Waals surface area contributed by atoms with Crippen molar-refractivity contribution in [2.45, 2.75) is 6.42 Å². The van der Waals surface area contributed by atoms with Gasteiger partial charge in [-0.15, -0.1) is 0 Å². The summed E-state index contributed by atoms with van der Waals surface area (Å²) in [7, 11) is 0. The summed E-state index contributed by atoms with van der Waals surface area (Å²) in [6, 6.07) is 8.45. The normalized spacial score (nSPS) is 15.5. The van der Waals surface area contributed by atoms with Gasteiger partial charge in [-0.1, -0.05) is 18.2 Å². The largest absolute Gasteiger partial charge is 0.493 e. The Balaban J connectivity index is 1.95. The van der Waals surface area contributed by atoms with Gasteiger partial charge >= 0.3 is 0 Å². The summed E-state index contributed by atoms with van der Waals surface area (Å²) in [4.78, 5) is 0. The lowest BCUT2D eigenvalue weighted by Gasteiger charge is -2.14. The average molecular weight is 249 g/mol. The summed E-state index contributed by atoms with van der Waals surface area (Å²) in [6.07, 6.45) is 5.48. The molecule has 0 spiro atoms. The highest BCUT2D eigenvalue weighted by Crippen LogP contribution is 2.22. The van der Waals surface area contributed by atoms with Crippen molar-refractivity contribution in [1.82, 2.24) is 5.32 Å². The van der Waals surface area contributed by atoms with Crippen LogP contribution in [0.3, 0.4) is 0 Å². The first-order valence-electron chi connectivity index (χ1n) is 6.02. The van der Waals surface area contributed by atoms with E-state index in [-0.39, 0.29) is 0 Å². The summed E-state index contributed by atoms with van der Waals surface area (Å²) < 4.78 is 5.64. The number of thioether (sulfide) groups is 1. The fourth-order valence-corrected chi connectivity index (χ4v) is 2.14. The molecule has 1 aliphatic heterocycles. The summed E-state index contributed by atoms with van der Waals surface area (Å²) in [5.41, 5.74) is 2.77. The molecule has 1 aromatic carbocycles. The third-order valence-electron chi connectivity index (χ3n) is 2.85. The molecule has 1 aromatic rings. The van der Waals surface area contributed by atoms with E-state index in [9.17, 15) is 0 Å². The lowest BCUT2D eigenvalue weighted by atomic mass is 10.0. The van der Waals surface area contributed by atoms with Crippen LogP contribution in [-0.4, -0.2) is 31.7 Å². The zero-order valence-electron chi connectivity index (χ0n) is 10.2. The molecule has 3 heteroatoms. The van der Waals surface area contributed by atoms with Crippen molar-refractivity contribution in [3.63, 3.8) is 0 Å². The summed E-state index contributed by atoms with van der Waals surface area (Å²) in [5, 5.41) is 3.33. The van der Waals surface area contributed by atoms with Gasteiger partial charge in [0.05, 0.1) is 6.61 Å². The highest BCUT2D eigenvalue weighted by Gasteiger charge is 2.05. The van der Waals surface area contributed by atoms with Crippen molar-refractivity contribution in [2.24, 2.45) is 0 Å². The molecule has 0 saturated carbocycles. The minimum atomic E-state index is 0.785. The van der Waals surface area contributed by atoms with E-state index in [0.29, 0.717) is 0 Å². The number of hydrogen-bond donors (Lipinski definition) is 1. The summed E-state index contributed by atoms with van der Waals surface area (Å²) in [5.74, 6) is 2.01. The monoisotopic (exact) mass is 249 g/mol. The SMILES string of the molecule is CSCCOc1ccc(C2=CCNCC2)cc1. The lowest BCUT2D eigenvalue weighted by Crippen LogP contribution is -2.19. The summed E-state index contributed by atoms with van der Waals surface area (Å²) in [6.45, 7) is 2.85. The fourth-order valence-electron chi connectivity index (χ4n) is 1.89. The molecule has 2 nitrogen and oxygen atoms in total.